The molecule has 10 heteroatoms. The lowest BCUT2D eigenvalue weighted by molar-refractivity contribution is -0.00799. The number of rotatable bonds is 3. The van der Waals surface area contributed by atoms with Crippen LogP contribution in [0.5, 0.6) is 5.75 Å². The second-order valence-corrected chi connectivity index (χ2v) is 8.12. The van der Waals surface area contributed by atoms with Crippen molar-refractivity contribution in [2.24, 2.45) is 0 Å². The largest absolute Gasteiger partial charge is 0.503 e. The van der Waals surface area contributed by atoms with Gasteiger partial charge in [-0.1, -0.05) is 6.07 Å². The first-order valence-corrected chi connectivity index (χ1v) is 9.82. The first kappa shape index (κ1) is 21.0. The summed E-state index contributed by atoms with van der Waals surface area (Å²) >= 11 is 0. The predicted octanol–water partition coefficient (Wildman–Crippen LogP) is 1.30. The molecule has 0 aliphatic carbocycles. The number of aliphatic hydroxyl groups is 1. The van der Waals surface area contributed by atoms with Crippen molar-refractivity contribution >= 4 is 11.8 Å². The van der Waals surface area contributed by atoms with E-state index in [9.17, 15) is 33.4 Å². The van der Waals surface area contributed by atoms with Gasteiger partial charge in [-0.25, -0.2) is 8.78 Å². The summed E-state index contributed by atoms with van der Waals surface area (Å²) in [6.45, 7) is 1.83. The van der Waals surface area contributed by atoms with E-state index in [0.717, 1.165) is 18.3 Å². The number of hydrogen-bond donors (Lipinski definition) is 3. The third-order valence-electron chi connectivity index (χ3n) is 5.96. The number of carbonyl (C=O) groups excluding carboxylic acids is 2. The molecule has 31 heavy (non-hydrogen) atoms. The van der Waals surface area contributed by atoms with Crippen molar-refractivity contribution in [3.8, 4) is 5.75 Å². The quantitative estimate of drug-likeness (QED) is 0.676. The van der Waals surface area contributed by atoms with Gasteiger partial charge in [-0.05, 0) is 25.8 Å². The highest BCUT2D eigenvalue weighted by molar-refractivity contribution is 5.99. The van der Waals surface area contributed by atoms with Crippen LogP contribution in [0.3, 0.4) is 0 Å². The van der Waals surface area contributed by atoms with Gasteiger partial charge in [-0.2, -0.15) is 0 Å². The summed E-state index contributed by atoms with van der Waals surface area (Å²) in [5.41, 5.74) is -3.00. The Morgan fingerprint density at radius 3 is 2.77 bits per heavy atom. The Bertz CT molecular complexity index is 1140. The molecule has 2 amide bonds. The predicted molar refractivity (Wildman–Crippen MR) is 105 cm³/mol. The number of benzene rings is 1. The number of amides is 2. The summed E-state index contributed by atoms with van der Waals surface area (Å²) in [5, 5.41) is 23.7. The van der Waals surface area contributed by atoms with E-state index in [1.165, 1.54) is 9.47 Å². The van der Waals surface area contributed by atoms with Gasteiger partial charge in [0.2, 0.25) is 5.43 Å². The Labute approximate surface area is 175 Å². The highest BCUT2D eigenvalue weighted by atomic mass is 19.1. The van der Waals surface area contributed by atoms with Crippen molar-refractivity contribution < 1.29 is 28.6 Å². The average molecular weight is 433 g/mol. The molecule has 1 saturated heterocycles. The van der Waals surface area contributed by atoms with Gasteiger partial charge in [0.05, 0.1) is 11.6 Å². The molecule has 2 unspecified atom stereocenters. The molecule has 2 aliphatic rings. The second kappa shape index (κ2) is 7.45. The van der Waals surface area contributed by atoms with Gasteiger partial charge in [0.15, 0.2) is 11.4 Å². The van der Waals surface area contributed by atoms with E-state index in [2.05, 4.69) is 5.32 Å². The molecule has 8 nitrogen and oxygen atoms in total. The average Bonchev–Trinajstić information content (AvgIpc) is 2.84. The SMILES string of the molecule is CC1(O)CCCN2CC1n1cc(C(=O)NCc3ccc(F)cc3F)c(=O)c(O)c1C2=O. The third-order valence-corrected chi connectivity index (χ3v) is 5.96. The molecule has 2 aliphatic heterocycles. The Morgan fingerprint density at radius 1 is 1.32 bits per heavy atom. The maximum Gasteiger partial charge on any atom is 0.274 e. The van der Waals surface area contributed by atoms with Crippen molar-refractivity contribution in [3.63, 3.8) is 0 Å². The summed E-state index contributed by atoms with van der Waals surface area (Å²) in [6.07, 6.45) is 2.08. The van der Waals surface area contributed by atoms with E-state index >= 15 is 0 Å². The van der Waals surface area contributed by atoms with Gasteiger partial charge in [-0.15, -0.1) is 0 Å². The number of hydrogen-bond acceptors (Lipinski definition) is 5. The Morgan fingerprint density at radius 2 is 2.06 bits per heavy atom. The maximum atomic E-state index is 13.8. The molecule has 2 bridgehead atoms. The lowest BCUT2D eigenvalue weighted by Gasteiger charge is -2.40. The minimum Gasteiger partial charge on any atom is -0.503 e. The van der Waals surface area contributed by atoms with Gasteiger partial charge < -0.3 is 25.0 Å². The van der Waals surface area contributed by atoms with Crippen LogP contribution in [0, 0.1) is 11.6 Å². The van der Waals surface area contributed by atoms with Crippen LogP contribution in [0.1, 0.15) is 52.2 Å². The monoisotopic (exact) mass is 433 g/mol. The molecule has 1 fully saturated rings. The number of nitrogens with zero attached hydrogens (tertiary/aromatic N) is 2. The van der Waals surface area contributed by atoms with Crippen LogP contribution in [0.2, 0.25) is 0 Å². The van der Waals surface area contributed by atoms with Gasteiger partial charge >= 0.3 is 0 Å². The number of halogens is 2. The van der Waals surface area contributed by atoms with Crippen molar-refractivity contribution in [1.29, 1.82) is 0 Å². The first-order chi connectivity index (χ1) is 14.6. The summed E-state index contributed by atoms with van der Waals surface area (Å²) in [4.78, 5) is 39.5. The number of fused-ring (bicyclic) bond motifs is 4. The van der Waals surface area contributed by atoms with Crippen LogP contribution >= 0.6 is 0 Å². The highest BCUT2D eigenvalue weighted by Crippen LogP contribution is 2.37. The van der Waals surface area contributed by atoms with Crippen LogP contribution < -0.4 is 10.7 Å². The minimum absolute atomic E-state index is 0.00885. The fraction of sp³-hybridized carbons (Fsp3) is 0.381. The van der Waals surface area contributed by atoms with Gasteiger partial charge in [0.1, 0.15) is 17.2 Å². The molecule has 1 aromatic heterocycles. The molecular formula is C21H21F2N3O5. The van der Waals surface area contributed by atoms with Crippen LogP contribution in [0.15, 0.2) is 29.2 Å². The summed E-state index contributed by atoms with van der Waals surface area (Å²) in [6, 6.07) is 2.20. The summed E-state index contributed by atoms with van der Waals surface area (Å²) < 4.78 is 28.1. The molecule has 1 aromatic carbocycles. The Hall–Kier alpha value is -3.27. The van der Waals surface area contributed by atoms with Crippen LogP contribution in [-0.2, 0) is 6.54 Å². The van der Waals surface area contributed by atoms with Crippen molar-refractivity contribution in [3.05, 3.63) is 63.1 Å². The van der Waals surface area contributed by atoms with Crippen LogP contribution in [-0.4, -0.2) is 50.2 Å². The van der Waals surface area contributed by atoms with Crippen molar-refractivity contribution in [2.75, 3.05) is 13.1 Å². The molecule has 164 valence electrons. The molecule has 3 heterocycles. The standard InChI is InChI=1S/C21H21F2N3O5/c1-21(31)5-2-6-25-10-15(21)26-9-13(17(27)18(28)16(26)20(25)30)19(29)24-8-11-3-4-12(22)7-14(11)23/h3-4,7,9,15,28,31H,2,5-6,8,10H2,1H3,(H,24,29). The normalized spacial score (nSPS) is 22.6. The molecule has 2 atom stereocenters. The molecule has 4 rings (SSSR count). The number of nitrogens with one attached hydrogen (secondary N) is 1. The number of pyridine rings is 1. The Balaban J connectivity index is 1.71. The van der Waals surface area contributed by atoms with Gasteiger partial charge in [0, 0.05) is 37.5 Å². The second-order valence-electron chi connectivity index (χ2n) is 8.12. The fourth-order valence-electron chi connectivity index (χ4n) is 4.19. The van der Waals surface area contributed by atoms with E-state index in [1.54, 1.807) is 6.92 Å². The summed E-state index contributed by atoms with van der Waals surface area (Å²) in [5.74, 6) is -3.95. The zero-order chi connectivity index (χ0) is 22.5. The van der Waals surface area contributed by atoms with Crippen molar-refractivity contribution in [2.45, 2.75) is 38.0 Å². The molecule has 0 radical (unpaired) electrons. The Kier molecular flexibility index (Phi) is 5.04. The molecule has 0 spiro atoms. The van der Waals surface area contributed by atoms with Crippen molar-refractivity contribution in [1.82, 2.24) is 14.8 Å². The zero-order valence-corrected chi connectivity index (χ0v) is 16.7. The van der Waals surface area contributed by atoms with E-state index < -0.39 is 51.8 Å². The summed E-state index contributed by atoms with van der Waals surface area (Å²) in [7, 11) is 0. The molecule has 2 aromatic rings. The highest BCUT2D eigenvalue weighted by Gasteiger charge is 2.44. The lowest BCUT2D eigenvalue weighted by atomic mass is 9.90. The molecule has 3 N–H and O–H groups in total. The fourth-order valence-corrected chi connectivity index (χ4v) is 4.19. The minimum atomic E-state index is -1.24. The number of aromatic nitrogens is 1. The van der Waals surface area contributed by atoms with Gasteiger partial charge in [0.25, 0.3) is 11.8 Å². The van der Waals surface area contributed by atoms with Gasteiger partial charge in [-0.3, -0.25) is 14.4 Å². The number of carbonyl (C=O) groups is 2. The number of aromatic hydroxyl groups is 1. The smallest absolute Gasteiger partial charge is 0.274 e. The van der Waals surface area contributed by atoms with E-state index in [4.69, 9.17) is 0 Å². The van der Waals surface area contributed by atoms with Crippen LogP contribution in [0.25, 0.3) is 0 Å². The topological polar surface area (TPSA) is 112 Å². The van der Waals surface area contributed by atoms with E-state index in [-0.39, 0.29) is 24.3 Å². The molecule has 0 saturated carbocycles. The van der Waals surface area contributed by atoms with Crippen LogP contribution in [0.4, 0.5) is 8.78 Å². The zero-order valence-electron chi connectivity index (χ0n) is 16.7. The third kappa shape index (κ3) is 3.56. The van der Waals surface area contributed by atoms with E-state index in [1.807, 2.05) is 0 Å². The first-order valence-electron chi connectivity index (χ1n) is 9.82. The lowest BCUT2D eigenvalue weighted by Crippen LogP contribution is -2.49. The maximum absolute atomic E-state index is 13.8. The van der Waals surface area contributed by atoms with E-state index in [0.29, 0.717) is 25.5 Å². The molecular weight excluding hydrogens is 412 g/mol.